The van der Waals surface area contributed by atoms with Crippen LogP contribution in [0.25, 0.3) is 11.1 Å². The van der Waals surface area contributed by atoms with Gasteiger partial charge in [0.15, 0.2) is 0 Å². The molecule has 0 heterocycles. The van der Waals surface area contributed by atoms with E-state index < -0.39 is 20.8 Å². The summed E-state index contributed by atoms with van der Waals surface area (Å²) < 4.78 is 28.6. The maximum Gasteiger partial charge on any atom is 0.241 e. The van der Waals surface area contributed by atoms with Gasteiger partial charge in [0.05, 0.1) is 10.8 Å². The number of nitrogens with one attached hydrogen (secondary N) is 1. The lowest BCUT2D eigenvalue weighted by Crippen LogP contribution is -2.40. The van der Waals surface area contributed by atoms with E-state index in [1.165, 1.54) is 48.8 Å². The van der Waals surface area contributed by atoms with Gasteiger partial charge in [0, 0.05) is 16.8 Å². The zero-order valence-corrected chi connectivity index (χ0v) is 23.8. The van der Waals surface area contributed by atoms with Crippen molar-refractivity contribution in [3.8, 4) is 0 Å². The number of rotatable bonds is 5. The number of benzene rings is 2. The molecule has 0 aromatic heterocycles. The van der Waals surface area contributed by atoms with Crippen LogP contribution in [0.3, 0.4) is 0 Å². The fraction of sp³-hybridized carbons (Fsp3) is 0.464. The van der Waals surface area contributed by atoms with E-state index in [0.717, 1.165) is 28.8 Å². The second-order valence-corrected chi connectivity index (χ2v) is 13.0. The average molecular weight is 552 g/mol. The zero-order chi connectivity index (χ0) is 26.7. The van der Waals surface area contributed by atoms with Crippen molar-refractivity contribution in [2.45, 2.75) is 76.7 Å². The normalized spacial score (nSPS) is 16.4. The van der Waals surface area contributed by atoms with Crippen molar-refractivity contribution >= 4 is 55.3 Å². The second kappa shape index (κ2) is 11.7. The first-order valence-electron chi connectivity index (χ1n) is 12.3. The Kier molecular flexibility index (Phi) is 9.31. The molecule has 0 radical (unpaired) electrons. The summed E-state index contributed by atoms with van der Waals surface area (Å²) in [5.74, 6) is 0.419. The molecular weight excluding hydrogens is 515 g/mol. The van der Waals surface area contributed by atoms with Crippen molar-refractivity contribution < 1.29 is 13.2 Å². The Hall–Kier alpha value is -1.86. The fourth-order valence-corrected chi connectivity index (χ4v) is 6.58. The number of aryl methyl sites for hydroxylation is 1. The number of allylic oxidation sites excluding steroid dienone is 2. The lowest BCUT2D eigenvalue weighted by atomic mass is 9.79. The van der Waals surface area contributed by atoms with E-state index in [4.69, 9.17) is 28.9 Å². The van der Waals surface area contributed by atoms with E-state index in [9.17, 15) is 13.2 Å². The number of nitrogen functional groups attached to an aromatic ring is 1. The summed E-state index contributed by atoms with van der Waals surface area (Å²) in [5, 5.41) is -0.508. The lowest BCUT2D eigenvalue weighted by molar-refractivity contribution is -0.109. The molecule has 2 aliphatic rings. The van der Waals surface area contributed by atoms with E-state index in [2.05, 4.69) is 23.8 Å². The van der Waals surface area contributed by atoms with E-state index in [0.29, 0.717) is 10.8 Å². The molecule has 0 spiro atoms. The van der Waals surface area contributed by atoms with Gasteiger partial charge in [0.25, 0.3) is 0 Å². The smallest absolute Gasteiger partial charge is 0.241 e. The first kappa shape index (κ1) is 28.7. The summed E-state index contributed by atoms with van der Waals surface area (Å²) in [7, 11) is -3.57. The lowest BCUT2D eigenvalue weighted by Gasteiger charge is -2.26. The van der Waals surface area contributed by atoms with Gasteiger partial charge in [-0.25, -0.2) is 13.1 Å². The molecular formula is C28H36Cl2N2O3S. The molecule has 1 saturated carbocycles. The number of carbonyl (C=O) groups is 1. The third-order valence-corrected chi connectivity index (χ3v) is 8.73. The number of sulfonamides is 1. The summed E-state index contributed by atoms with van der Waals surface area (Å²) in [5.41, 5.74) is 13.9. The van der Waals surface area contributed by atoms with Crippen LogP contribution in [0.1, 0.15) is 75.1 Å². The van der Waals surface area contributed by atoms with Crippen LogP contribution < -0.4 is 10.5 Å². The summed E-state index contributed by atoms with van der Waals surface area (Å²) >= 11 is 9.55. The highest BCUT2D eigenvalue weighted by Gasteiger charge is 2.31. The molecule has 2 aromatic rings. The highest BCUT2D eigenvalue weighted by Crippen LogP contribution is 2.48. The number of anilines is 1. The molecule has 0 amide bonds. The van der Waals surface area contributed by atoms with Crippen LogP contribution in [-0.2, 0) is 21.2 Å². The highest BCUT2D eigenvalue weighted by molar-refractivity contribution is 7.89. The summed E-state index contributed by atoms with van der Waals surface area (Å²) in [6, 6.07) is 11.9. The topological polar surface area (TPSA) is 89.3 Å². The number of fused-ring (bicyclic) bond motifs is 1. The predicted octanol–water partition coefficient (Wildman–Crippen LogP) is 6.69. The van der Waals surface area contributed by atoms with Crippen LogP contribution in [0.4, 0.5) is 5.69 Å². The summed E-state index contributed by atoms with van der Waals surface area (Å²) in [6.07, 6.45) is 6.91. The molecule has 8 heteroatoms. The maximum absolute atomic E-state index is 12.9. The number of halogens is 2. The molecule has 5 nitrogen and oxygen atoms in total. The van der Waals surface area contributed by atoms with Gasteiger partial charge >= 0.3 is 0 Å². The highest BCUT2D eigenvalue weighted by atomic mass is 35.5. The quantitative estimate of drug-likeness (QED) is 0.246. The zero-order valence-electron chi connectivity index (χ0n) is 21.5. The summed E-state index contributed by atoms with van der Waals surface area (Å²) in [6.45, 7) is 7.64. The van der Waals surface area contributed by atoms with Gasteiger partial charge in [0.1, 0.15) is 0 Å². The maximum atomic E-state index is 12.9. The molecule has 36 heavy (non-hydrogen) atoms. The second-order valence-electron chi connectivity index (χ2n) is 10.7. The first-order chi connectivity index (χ1) is 16.8. The van der Waals surface area contributed by atoms with E-state index in [1.54, 1.807) is 6.07 Å². The van der Waals surface area contributed by atoms with Gasteiger partial charge in [-0.15, -0.1) is 11.6 Å². The Labute approximate surface area is 225 Å². The molecule has 1 fully saturated rings. The van der Waals surface area contributed by atoms with Crippen molar-refractivity contribution in [3.05, 3.63) is 58.7 Å². The minimum Gasteiger partial charge on any atom is -0.398 e. The first-order valence-corrected chi connectivity index (χ1v) is 14.7. The van der Waals surface area contributed by atoms with Crippen LogP contribution in [0.2, 0.25) is 0 Å². The Balaban J connectivity index is 0.000000658. The van der Waals surface area contributed by atoms with Crippen LogP contribution >= 0.6 is 23.2 Å². The van der Waals surface area contributed by atoms with Crippen molar-refractivity contribution in [3.63, 3.8) is 0 Å². The Bertz CT molecular complexity index is 1260. The molecule has 2 aliphatic carbocycles. The third kappa shape index (κ3) is 7.12. The van der Waals surface area contributed by atoms with E-state index >= 15 is 0 Å². The van der Waals surface area contributed by atoms with E-state index in [1.807, 2.05) is 39.0 Å². The molecule has 0 aliphatic heterocycles. The minimum absolute atomic E-state index is 0.0957. The molecule has 2 aromatic carbocycles. The van der Waals surface area contributed by atoms with Crippen LogP contribution in [0.15, 0.2) is 41.3 Å². The fourth-order valence-electron chi connectivity index (χ4n) is 5.11. The molecule has 4 rings (SSSR count). The Morgan fingerprint density at radius 1 is 1.06 bits per heavy atom. The number of hydrogen-bond donors (Lipinski definition) is 2. The monoisotopic (exact) mass is 550 g/mol. The van der Waals surface area contributed by atoms with E-state index in [-0.39, 0.29) is 5.88 Å². The molecule has 0 atom stereocenters. The molecule has 0 unspecified atom stereocenters. The number of alkyl halides is 1. The predicted molar refractivity (Wildman–Crippen MR) is 151 cm³/mol. The summed E-state index contributed by atoms with van der Waals surface area (Å²) in [4.78, 5) is 9.78. The minimum atomic E-state index is -3.57. The van der Waals surface area contributed by atoms with Gasteiger partial charge in [-0.1, -0.05) is 37.5 Å². The standard InChI is InChI=1S/C26H34N2O2S.C2H2Cl2O/c1-17-10-12-22(24(27)14-17)23-16-19-15-20(31(29,30)28-26(2,3)4)11-13-21(19)25(23)18-8-6-5-7-9-18;3-1-2(4)5/h10-15,18,28H,5-9,16,27H2,1-4H3;1H2. The van der Waals surface area contributed by atoms with Crippen molar-refractivity contribution in [1.29, 1.82) is 0 Å². The van der Waals surface area contributed by atoms with Crippen LogP contribution in [-0.4, -0.2) is 25.1 Å². The SMILES string of the molecule is Cc1ccc(C2=C(C3CCCCC3)c3ccc(S(=O)(=O)NC(C)(C)C)cc3C2)c(N)c1.O=C(Cl)CCl. The van der Waals surface area contributed by atoms with Gasteiger partial charge < -0.3 is 5.73 Å². The average Bonchev–Trinajstić information content (AvgIpc) is 3.17. The largest absolute Gasteiger partial charge is 0.398 e. The third-order valence-electron chi connectivity index (χ3n) is 6.46. The molecule has 3 N–H and O–H groups in total. The number of nitrogens with two attached hydrogens (primary N) is 1. The molecule has 196 valence electrons. The van der Waals surface area contributed by atoms with Crippen LogP contribution in [0, 0.1) is 12.8 Å². The Morgan fingerprint density at radius 3 is 2.22 bits per heavy atom. The van der Waals surface area contributed by atoms with Crippen molar-refractivity contribution in [2.24, 2.45) is 5.92 Å². The number of carbonyl (C=O) groups excluding carboxylic acids is 1. The molecule has 0 bridgehead atoms. The Morgan fingerprint density at radius 2 is 1.67 bits per heavy atom. The van der Waals surface area contributed by atoms with Crippen molar-refractivity contribution in [1.82, 2.24) is 4.72 Å². The van der Waals surface area contributed by atoms with Crippen molar-refractivity contribution in [2.75, 3.05) is 11.6 Å². The van der Waals surface area contributed by atoms with Crippen LogP contribution in [0.5, 0.6) is 0 Å². The molecule has 0 saturated heterocycles. The van der Waals surface area contributed by atoms with Gasteiger partial charge in [-0.3, -0.25) is 4.79 Å². The van der Waals surface area contributed by atoms with Gasteiger partial charge in [0.2, 0.25) is 15.3 Å². The number of hydrogen-bond acceptors (Lipinski definition) is 4. The van der Waals surface area contributed by atoms with Gasteiger partial charge in [-0.05, 0) is 111 Å². The van der Waals surface area contributed by atoms with Gasteiger partial charge in [-0.2, -0.15) is 0 Å².